The molecule has 3 rings (SSSR count). The van der Waals surface area contributed by atoms with Gasteiger partial charge in [-0.05, 0) is 43.7 Å². The number of sulfonamides is 1. The van der Waals surface area contributed by atoms with Crippen molar-refractivity contribution in [3.8, 4) is 0 Å². The number of hydrogen-bond acceptors (Lipinski definition) is 4. The van der Waals surface area contributed by atoms with Gasteiger partial charge in [0.1, 0.15) is 16.9 Å². The molecule has 0 fully saturated rings. The van der Waals surface area contributed by atoms with E-state index in [1.54, 1.807) is 25.1 Å². The average Bonchev–Trinajstić information content (AvgIpc) is 3.01. The predicted octanol–water partition coefficient (Wildman–Crippen LogP) is 3.58. The van der Waals surface area contributed by atoms with Crippen LogP contribution in [0.4, 0.5) is 0 Å². The van der Waals surface area contributed by atoms with Crippen LogP contribution in [-0.4, -0.2) is 20.1 Å². The zero-order valence-corrected chi connectivity index (χ0v) is 15.4. The third-order valence-corrected chi connectivity index (χ3v) is 5.82. The summed E-state index contributed by atoms with van der Waals surface area (Å²) < 4.78 is 32.9. The van der Waals surface area contributed by atoms with Crippen LogP contribution >= 0.6 is 11.6 Å². The molecule has 7 heteroatoms. The van der Waals surface area contributed by atoms with Crippen molar-refractivity contribution in [3.63, 3.8) is 0 Å². The zero-order chi connectivity index (χ0) is 18.2. The van der Waals surface area contributed by atoms with Crippen LogP contribution in [-0.2, 0) is 15.6 Å². The molecular weight excluding hydrogens is 362 g/mol. The number of aliphatic hydroxyl groups is 1. The molecule has 2 aromatic carbocycles. The second kappa shape index (κ2) is 6.46. The summed E-state index contributed by atoms with van der Waals surface area (Å²) >= 11 is 5.99. The topological polar surface area (TPSA) is 79.5 Å². The first kappa shape index (κ1) is 17.9. The normalized spacial score (nSPS) is 14.6. The molecule has 0 aliphatic rings. The van der Waals surface area contributed by atoms with Crippen molar-refractivity contribution < 1.29 is 17.9 Å². The van der Waals surface area contributed by atoms with E-state index in [2.05, 4.69) is 4.72 Å². The van der Waals surface area contributed by atoms with Gasteiger partial charge in [-0.1, -0.05) is 35.9 Å². The highest BCUT2D eigenvalue weighted by molar-refractivity contribution is 7.89. The van der Waals surface area contributed by atoms with E-state index >= 15 is 0 Å². The van der Waals surface area contributed by atoms with Crippen LogP contribution < -0.4 is 4.72 Å². The van der Waals surface area contributed by atoms with Crippen molar-refractivity contribution in [3.05, 3.63) is 64.9 Å². The maximum absolute atomic E-state index is 12.4. The van der Waals surface area contributed by atoms with Gasteiger partial charge in [0.15, 0.2) is 0 Å². The van der Waals surface area contributed by atoms with Crippen LogP contribution in [0, 0.1) is 6.92 Å². The summed E-state index contributed by atoms with van der Waals surface area (Å²) in [6.07, 6.45) is 0. The summed E-state index contributed by atoms with van der Waals surface area (Å²) in [5, 5.41) is 11.9. The lowest BCUT2D eigenvalue weighted by Gasteiger charge is -2.21. The lowest BCUT2D eigenvalue weighted by atomic mass is 10.0. The fourth-order valence-corrected chi connectivity index (χ4v) is 3.80. The Morgan fingerprint density at radius 2 is 1.92 bits per heavy atom. The van der Waals surface area contributed by atoms with Crippen LogP contribution in [0.2, 0.25) is 5.02 Å². The molecule has 0 aliphatic heterocycles. The second-order valence-corrected chi connectivity index (χ2v) is 8.33. The van der Waals surface area contributed by atoms with Gasteiger partial charge in [0.25, 0.3) is 0 Å². The molecule has 0 spiro atoms. The molecule has 3 aromatic rings. The summed E-state index contributed by atoms with van der Waals surface area (Å²) in [5.74, 6) is 0.290. The molecule has 1 unspecified atom stereocenters. The maximum atomic E-state index is 12.4. The van der Waals surface area contributed by atoms with Crippen molar-refractivity contribution in [2.24, 2.45) is 0 Å². The van der Waals surface area contributed by atoms with Gasteiger partial charge in [-0.2, -0.15) is 0 Å². The Bertz CT molecular complexity index is 991. The van der Waals surface area contributed by atoms with E-state index in [-0.39, 0.29) is 11.4 Å². The van der Waals surface area contributed by atoms with Gasteiger partial charge in [0.05, 0.1) is 4.90 Å². The van der Waals surface area contributed by atoms with E-state index in [0.29, 0.717) is 16.4 Å². The molecule has 2 N–H and O–H groups in total. The molecule has 0 aliphatic carbocycles. The largest absolute Gasteiger partial charge is 0.458 e. The number of nitrogens with one attached hydrogen (secondary N) is 1. The summed E-state index contributed by atoms with van der Waals surface area (Å²) in [5.41, 5.74) is -0.0820. The Morgan fingerprint density at radius 1 is 1.20 bits per heavy atom. The predicted molar refractivity (Wildman–Crippen MR) is 97.2 cm³/mol. The lowest BCUT2D eigenvalue weighted by molar-refractivity contribution is 0.0412. The molecule has 1 atom stereocenters. The van der Waals surface area contributed by atoms with Crippen LogP contribution in [0.15, 0.2) is 57.8 Å². The quantitative estimate of drug-likeness (QED) is 0.710. The highest BCUT2D eigenvalue weighted by Crippen LogP contribution is 2.28. The first-order chi connectivity index (χ1) is 11.7. The van der Waals surface area contributed by atoms with Gasteiger partial charge < -0.3 is 9.52 Å². The molecule has 0 bridgehead atoms. The minimum Gasteiger partial charge on any atom is -0.458 e. The first-order valence-electron chi connectivity index (χ1n) is 7.66. The highest BCUT2D eigenvalue weighted by Gasteiger charge is 2.30. The standard InChI is InChI=1S/C18H18ClNO4S/c1-12-7-8-14(10-15(12)19)25(22,23)20-11-18(2,21)17-9-13-5-3-4-6-16(13)24-17/h3-10,20-21H,11H2,1-2H3. The maximum Gasteiger partial charge on any atom is 0.240 e. The molecule has 0 radical (unpaired) electrons. The summed E-state index contributed by atoms with van der Waals surface area (Å²) in [4.78, 5) is 0.0449. The van der Waals surface area contributed by atoms with Gasteiger partial charge in [0.2, 0.25) is 10.0 Å². The molecule has 5 nitrogen and oxygen atoms in total. The number of fused-ring (bicyclic) bond motifs is 1. The number of rotatable bonds is 5. The van der Waals surface area contributed by atoms with E-state index in [4.69, 9.17) is 16.0 Å². The number of aryl methyl sites for hydroxylation is 1. The molecule has 132 valence electrons. The minimum absolute atomic E-state index is 0.0449. The fourth-order valence-electron chi connectivity index (χ4n) is 2.39. The van der Waals surface area contributed by atoms with Crippen LogP contribution in [0.5, 0.6) is 0 Å². The molecule has 0 saturated heterocycles. The van der Waals surface area contributed by atoms with E-state index in [0.717, 1.165) is 10.9 Å². The molecule has 25 heavy (non-hydrogen) atoms. The molecular formula is C18H18ClNO4S. The van der Waals surface area contributed by atoms with Crippen LogP contribution in [0.1, 0.15) is 18.2 Å². The number of halogens is 1. The van der Waals surface area contributed by atoms with Crippen molar-refractivity contribution in [2.45, 2.75) is 24.3 Å². The molecule has 1 aromatic heterocycles. The SMILES string of the molecule is Cc1ccc(S(=O)(=O)NCC(C)(O)c2cc3ccccc3o2)cc1Cl. The zero-order valence-electron chi connectivity index (χ0n) is 13.8. The third-order valence-electron chi connectivity index (χ3n) is 4.02. The van der Waals surface area contributed by atoms with E-state index < -0.39 is 15.6 Å². The number of furan rings is 1. The molecule has 0 amide bonds. The van der Waals surface area contributed by atoms with E-state index in [1.165, 1.54) is 19.1 Å². The third kappa shape index (κ3) is 3.72. The summed E-state index contributed by atoms with van der Waals surface area (Å²) in [7, 11) is -3.81. The summed E-state index contributed by atoms with van der Waals surface area (Å²) in [6.45, 7) is 3.05. The first-order valence-corrected chi connectivity index (χ1v) is 9.52. The van der Waals surface area contributed by atoms with Crippen LogP contribution in [0.25, 0.3) is 11.0 Å². The van der Waals surface area contributed by atoms with Gasteiger partial charge in [-0.25, -0.2) is 13.1 Å². The van der Waals surface area contributed by atoms with E-state index in [9.17, 15) is 13.5 Å². The van der Waals surface area contributed by atoms with Gasteiger partial charge in [-0.15, -0.1) is 0 Å². The summed E-state index contributed by atoms with van der Waals surface area (Å²) in [6, 6.07) is 13.5. The fraction of sp³-hybridized carbons (Fsp3) is 0.222. The monoisotopic (exact) mass is 379 g/mol. The Labute approximate surface area is 151 Å². The van der Waals surface area contributed by atoms with Gasteiger partial charge >= 0.3 is 0 Å². The van der Waals surface area contributed by atoms with Crippen LogP contribution in [0.3, 0.4) is 0 Å². The Morgan fingerprint density at radius 3 is 2.60 bits per heavy atom. The minimum atomic E-state index is -3.81. The number of benzene rings is 2. The molecule has 0 saturated carbocycles. The Hall–Kier alpha value is -1.86. The average molecular weight is 380 g/mol. The second-order valence-electron chi connectivity index (χ2n) is 6.16. The molecule has 1 heterocycles. The number of hydrogen-bond donors (Lipinski definition) is 2. The van der Waals surface area contributed by atoms with Gasteiger partial charge in [-0.3, -0.25) is 0 Å². The van der Waals surface area contributed by atoms with Crippen molar-refractivity contribution in [2.75, 3.05) is 6.54 Å². The Balaban J connectivity index is 1.81. The van der Waals surface area contributed by atoms with Crippen molar-refractivity contribution in [1.29, 1.82) is 0 Å². The van der Waals surface area contributed by atoms with Crippen molar-refractivity contribution >= 4 is 32.6 Å². The van der Waals surface area contributed by atoms with Gasteiger partial charge in [0, 0.05) is 17.0 Å². The van der Waals surface area contributed by atoms with E-state index in [1.807, 2.05) is 18.2 Å². The highest BCUT2D eigenvalue weighted by atomic mass is 35.5. The smallest absolute Gasteiger partial charge is 0.240 e. The number of para-hydroxylation sites is 1. The lowest BCUT2D eigenvalue weighted by Crippen LogP contribution is -2.38. The Kier molecular flexibility index (Phi) is 4.64. The van der Waals surface area contributed by atoms with Crippen molar-refractivity contribution in [1.82, 2.24) is 4.72 Å².